The SMILES string of the molecule is CC#CCNCC(=O)OC. The van der Waals surface area contributed by atoms with Gasteiger partial charge in [0.05, 0.1) is 20.2 Å². The van der Waals surface area contributed by atoms with E-state index in [1.165, 1.54) is 7.11 Å². The van der Waals surface area contributed by atoms with Crippen LogP contribution in [0, 0.1) is 11.8 Å². The zero-order valence-electron chi connectivity index (χ0n) is 6.23. The molecule has 0 spiro atoms. The van der Waals surface area contributed by atoms with Crippen LogP contribution in [0.1, 0.15) is 6.92 Å². The molecule has 3 heteroatoms. The summed E-state index contributed by atoms with van der Waals surface area (Å²) in [5.41, 5.74) is 0. The summed E-state index contributed by atoms with van der Waals surface area (Å²) in [4.78, 5) is 10.4. The first-order valence-electron chi connectivity index (χ1n) is 2.98. The quantitative estimate of drug-likeness (QED) is 0.335. The van der Waals surface area contributed by atoms with Gasteiger partial charge in [-0.3, -0.25) is 10.1 Å². The van der Waals surface area contributed by atoms with Gasteiger partial charge in [0.2, 0.25) is 0 Å². The van der Waals surface area contributed by atoms with Crippen molar-refractivity contribution in [2.75, 3.05) is 20.2 Å². The van der Waals surface area contributed by atoms with E-state index in [-0.39, 0.29) is 12.5 Å². The summed E-state index contributed by atoms with van der Waals surface area (Å²) >= 11 is 0. The average Bonchev–Trinajstić information content (AvgIpc) is 1.98. The second-order valence-corrected chi connectivity index (χ2v) is 1.61. The van der Waals surface area contributed by atoms with Crippen LogP contribution < -0.4 is 5.32 Å². The lowest BCUT2D eigenvalue weighted by atomic mass is 10.5. The van der Waals surface area contributed by atoms with E-state index in [2.05, 4.69) is 21.9 Å². The van der Waals surface area contributed by atoms with Gasteiger partial charge in [-0.15, -0.1) is 5.92 Å². The van der Waals surface area contributed by atoms with E-state index < -0.39 is 0 Å². The third-order valence-electron chi connectivity index (χ3n) is 0.887. The molecule has 0 saturated carbocycles. The number of methoxy groups -OCH3 is 1. The second kappa shape index (κ2) is 6.12. The number of carbonyl (C=O) groups excluding carboxylic acids is 1. The molecule has 0 rings (SSSR count). The molecule has 0 saturated heterocycles. The minimum atomic E-state index is -0.266. The van der Waals surface area contributed by atoms with E-state index in [1.807, 2.05) is 0 Å². The van der Waals surface area contributed by atoms with Gasteiger partial charge in [0.15, 0.2) is 0 Å². The zero-order valence-corrected chi connectivity index (χ0v) is 6.23. The number of hydrogen-bond donors (Lipinski definition) is 1. The van der Waals surface area contributed by atoms with Gasteiger partial charge in [0, 0.05) is 0 Å². The van der Waals surface area contributed by atoms with Crippen molar-refractivity contribution in [1.29, 1.82) is 0 Å². The van der Waals surface area contributed by atoms with Crippen molar-refractivity contribution in [2.45, 2.75) is 6.92 Å². The topological polar surface area (TPSA) is 38.3 Å². The molecule has 56 valence electrons. The van der Waals surface area contributed by atoms with E-state index in [4.69, 9.17) is 0 Å². The summed E-state index contributed by atoms with van der Waals surface area (Å²) in [6.07, 6.45) is 0. The van der Waals surface area contributed by atoms with Crippen molar-refractivity contribution < 1.29 is 9.53 Å². The van der Waals surface area contributed by atoms with Gasteiger partial charge in [0.25, 0.3) is 0 Å². The summed E-state index contributed by atoms with van der Waals surface area (Å²) < 4.78 is 4.38. The summed E-state index contributed by atoms with van der Waals surface area (Å²) in [5, 5.41) is 2.79. The molecule has 0 aromatic carbocycles. The molecule has 0 fully saturated rings. The van der Waals surface area contributed by atoms with Gasteiger partial charge in [-0.1, -0.05) is 5.92 Å². The predicted molar refractivity (Wildman–Crippen MR) is 38.3 cm³/mol. The maximum absolute atomic E-state index is 10.4. The number of carbonyl (C=O) groups is 1. The van der Waals surface area contributed by atoms with Crippen LogP contribution >= 0.6 is 0 Å². The molecular weight excluding hydrogens is 130 g/mol. The fourth-order valence-electron chi connectivity index (χ4n) is 0.388. The predicted octanol–water partition coefficient (Wildman–Crippen LogP) is -0.228. The van der Waals surface area contributed by atoms with Crippen molar-refractivity contribution in [3.63, 3.8) is 0 Å². The van der Waals surface area contributed by atoms with Gasteiger partial charge >= 0.3 is 5.97 Å². The lowest BCUT2D eigenvalue weighted by molar-refractivity contribution is -0.139. The first-order chi connectivity index (χ1) is 4.81. The number of hydrogen-bond acceptors (Lipinski definition) is 3. The van der Waals surface area contributed by atoms with E-state index >= 15 is 0 Å². The van der Waals surface area contributed by atoms with Crippen LogP contribution in [0.3, 0.4) is 0 Å². The Kier molecular flexibility index (Phi) is 5.50. The van der Waals surface area contributed by atoms with Crippen LogP contribution in [-0.2, 0) is 9.53 Å². The Balaban J connectivity index is 3.17. The highest BCUT2D eigenvalue weighted by Gasteiger charge is 1.94. The molecular formula is C7H11NO2. The van der Waals surface area contributed by atoms with Gasteiger partial charge in [-0.25, -0.2) is 0 Å². The summed E-state index contributed by atoms with van der Waals surface area (Å²) in [7, 11) is 1.36. The average molecular weight is 141 g/mol. The fourth-order valence-corrected chi connectivity index (χ4v) is 0.388. The van der Waals surface area contributed by atoms with Crippen LogP contribution in [0.25, 0.3) is 0 Å². The number of nitrogens with one attached hydrogen (secondary N) is 1. The molecule has 0 heterocycles. The van der Waals surface area contributed by atoms with Gasteiger partial charge in [-0.2, -0.15) is 0 Å². The van der Waals surface area contributed by atoms with Gasteiger partial charge in [-0.05, 0) is 6.92 Å². The third kappa shape index (κ3) is 5.13. The number of esters is 1. The zero-order chi connectivity index (χ0) is 7.82. The van der Waals surface area contributed by atoms with E-state index in [0.29, 0.717) is 6.54 Å². The minimum Gasteiger partial charge on any atom is -0.468 e. The highest BCUT2D eigenvalue weighted by atomic mass is 16.5. The molecule has 0 aliphatic heterocycles. The Morgan fingerprint density at radius 3 is 2.90 bits per heavy atom. The summed E-state index contributed by atoms with van der Waals surface area (Å²) in [6.45, 7) is 2.51. The Labute approximate surface area is 60.8 Å². The lowest BCUT2D eigenvalue weighted by Crippen LogP contribution is -2.23. The number of rotatable bonds is 3. The Morgan fingerprint density at radius 2 is 2.40 bits per heavy atom. The third-order valence-corrected chi connectivity index (χ3v) is 0.887. The molecule has 3 nitrogen and oxygen atoms in total. The summed E-state index contributed by atoms with van der Waals surface area (Å²) in [6, 6.07) is 0. The molecule has 0 amide bonds. The molecule has 10 heavy (non-hydrogen) atoms. The normalized spacial score (nSPS) is 7.80. The van der Waals surface area contributed by atoms with Crippen LogP contribution in [0.15, 0.2) is 0 Å². The molecule has 0 radical (unpaired) electrons. The molecule has 0 aromatic heterocycles. The molecule has 1 N–H and O–H groups in total. The second-order valence-electron chi connectivity index (χ2n) is 1.61. The van der Waals surface area contributed by atoms with Crippen LogP contribution in [0.5, 0.6) is 0 Å². The van der Waals surface area contributed by atoms with Crippen LogP contribution in [0.2, 0.25) is 0 Å². The maximum atomic E-state index is 10.4. The Bertz CT molecular complexity index is 155. The largest absolute Gasteiger partial charge is 0.468 e. The molecule has 0 bridgehead atoms. The van der Waals surface area contributed by atoms with E-state index in [9.17, 15) is 4.79 Å². The maximum Gasteiger partial charge on any atom is 0.319 e. The Morgan fingerprint density at radius 1 is 1.70 bits per heavy atom. The lowest BCUT2D eigenvalue weighted by Gasteiger charge is -1.96. The molecule has 0 aliphatic rings. The number of ether oxygens (including phenoxy) is 1. The first-order valence-corrected chi connectivity index (χ1v) is 2.98. The molecule has 0 aliphatic carbocycles. The van der Waals surface area contributed by atoms with Crippen LogP contribution in [0.4, 0.5) is 0 Å². The van der Waals surface area contributed by atoms with Gasteiger partial charge in [0.1, 0.15) is 0 Å². The van der Waals surface area contributed by atoms with Crippen molar-refractivity contribution >= 4 is 5.97 Å². The van der Waals surface area contributed by atoms with E-state index in [1.54, 1.807) is 6.92 Å². The summed E-state index contributed by atoms with van der Waals surface area (Å²) in [5.74, 6) is 5.19. The van der Waals surface area contributed by atoms with Gasteiger partial charge < -0.3 is 4.74 Å². The molecule has 0 atom stereocenters. The molecule has 0 aromatic rings. The standard InChI is InChI=1S/C7H11NO2/c1-3-4-5-8-6-7(9)10-2/h8H,5-6H2,1-2H3. The monoisotopic (exact) mass is 141 g/mol. The van der Waals surface area contributed by atoms with Crippen molar-refractivity contribution in [1.82, 2.24) is 5.32 Å². The minimum absolute atomic E-state index is 0.227. The highest BCUT2D eigenvalue weighted by Crippen LogP contribution is 1.67. The smallest absolute Gasteiger partial charge is 0.319 e. The Hall–Kier alpha value is -1.01. The fraction of sp³-hybridized carbons (Fsp3) is 0.571. The molecule has 0 unspecified atom stereocenters. The van der Waals surface area contributed by atoms with Crippen LogP contribution in [-0.4, -0.2) is 26.2 Å². The van der Waals surface area contributed by atoms with Crippen molar-refractivity contribution in [2.24, 2.45) is 0 Å². The van der Waals surface area contributed by atoms with E-state index in [0.717, 1.165) is 0 Å². The van der Waals surface area contributed by atoms with Crippen molar-refractivity contribution in [3.8, 4) is 11.8 Å². The highest BCUT2D eigenvalue weighted by molar-refractivity contribution is 5.71. The van der Waals surface area contributed by atoms with Crippen molar-refractivity contribution in [3.05, 3.63) is 0 Å². The first kappa shape index (κ1) is 8.99.